The normalized spacial score (nSPS) is 14.8. The Morgan fingerprint density at radius 1 is 0.970 bits per heavy atom. The monoisotopic (exact) mass is 453 g/mol. The second kappa shape index (κ2) is 7.88. The van der Waals surface area contributed by atoms with E-state index in [2.05, 4.69) is 15.0 Å². The molecule has 1 aliphatic rings. The van der Waals surface area contributed by atoms with Crippen molar-refractivity contribution in [2.75, 3.05) is 31.1 Å². The third-order valence-corrected chi connectivity index (χ3v) is 5.72. The Balaban J connectivity index is 1.33. The van der Waals surface area contributed by atoms with Crippen molar-refractivity contribution in [3.05, 3.63) is 76.2 Å². The van der Waals surface area contributed by atoms with Gasteiger partial charge in [-0.25, -0.2) is 4.98 Å². The number of carbonyl (C=O) groups excluding carboxylic acids is 1. The molecule has 33 heavy (non-hydrogen) atoms. The summed E-state index contributed by atoms with van der Waals surface area (Å²) in [5.74, 6) is 0.138. The van der Waals surface area contributed by atoms with Gasteiger partial charge < -0.3 is 9.80 Å². The van der Waals surface area contributed by atoms with Gasteiger partial charge in [-0.2, -0.15) is 13.2 Å². The number of pyridine rings is 1. The molecule has 0 unspecified atom stereocenters. The zero-order valence-electron chi connectivity index (χ0n) is 17.3. The number of fused-ring (bicyclic) bond motifs is 2. The van der Waals surface area contributed by atoms with E-state index in [1.807, 2.05) is 11.0 Å². The molecule has 0 atom stereocenters. The number of alkyl halides is 3. The molecule has 2 aromatic heterocycles. The number of halogens is 3. The maximum Gasteiger partial charge on any atom is 0.416 e. The molecule has 0 bridgehead atoms. The number of carbonyl (C=O) groups is 1. The molecule has 1 saturated heterocycles. The molecule has 10 heteroatoms. The van der Waals surface area contributed by atoms with Crippen molar-refractivity contribution in [2.45, 2.75) is 6.18 Å². The number of para-hydroxylation sites is 1. The van der Waals surface area contributed by atoms with E-state index in [-0.39, 0.29) is 22.4 Å². The Morgan fingerprint density at radius 2 is 1.73 bits per heavy atom. The van der Waals surface area contributed by atoms with Crippen molar-refractivity contribution in [1.29, 1.82) is 0 Å². The summed E-state index contributed by atoms with van der Waals surface area (Å²) < 4.78 is 39.1. The predicted octanol–water partition coefficient (Wildman–Crippen LogP) is 3.45. The predicted molar refractivity (Wildman–Crippen MR) is 117 cm³/mol. The standard InChI is InChI=1S/C23H18F3N5O2/c24-23(25,26)16-5-6-18-14(12-16)11-15(13-27-18)21(33)30-7-9-31(10-8-30)22-28-19-4-2-1-3-17(19)20(32)29-22/h1-6,11-13H,7-10H2,(H,28,29,32). The van der Waals surface area contributed by atoms with Crippen molar-refractivity contribution in [2.24, 2.45) is 0 Å². The van der Waals surface area contributed by atoms with Crippen LogP contribution in [0.1, 0.15) is 15.9 Å². The van der Waals surface area contributed by atoms with E-state index in [1.165, 1.54) is 18.3 Å². The maximum atomic E-state index is 13.0. The number of anilines is 1. The lowest BCUT2D eigenvalue weighted by atomic mass is 10.1. The first-order valence-corrected chi connectivity index (χ1v) is 10.3. The molecule has 0 aliphatic carbocycles. The first kappa shape index (κ1) is 20.9. The quantitative estimate of drug-likeness (QED) is 0.503. The first-order valence-electron chi connectivity index (χ1n) is 10.3. The van der Waals surface area contributed by atoms with Gasteiger partial charge in [0.25, 0.3) is 11.5 Å². The highest BCUT2D eigenvalue weighted by atomic mass is 19.4. The van der Waals surface area contributed by atoms with Crippen LogP contribution in [0.4, 0.5) is 19.1 Å². The molecule has 1 aliphatic heterocycles. The molecule has 0 spiro atoms. The van der Waals surface area contributed by atoms with Crippen molar-refractivity contribution in [3.8, 4) is 0 Å². The van der Waals surface area contributed by atoms with Crippen molar-refractivity contribution < 1.29 is 18.0 Å². The maximum absolute atomic E-state index is 13.0. The van der Waals surface area contributed by atoms with Gasteiger partial charge in [0.2, 0.25) is 5.95 Å². The van der Waals surface area contributed by atoms with Crippen molar-refractivity contribution >= 4 is 33.7 Å². The number of amides is 1. The molecule has 1 fully saturated rings. The van der Waals surface area contributed by atoms with Crippen LogP contribution in [0.2, 0.25) is 0 Å². The third kappa shape index (κ3) is 3.99. The number of H-pyrrole nitrogens is 1. The summed E-state index contributed by atoms with van der Waals surface area (Å²) in [6.45, 7) is 1.64. The third-order valence-electron chi connectivity index (χ3n) is 5.72. The van der Waals surface area contributed by atoms with Gasteiger partial charge in [0.15, 0.2) is 0 Å². The van der Waals surface area contributed by atoms with Gasteiger partial charge in [-0.3, -0.25) is 19.6 Å². The van der Waals surface area contributed by atoms with Crippen LogP contribution in [-0.4, -0.2) is 51.9 Å². The molecule has 1 amide bonds. The highest BCUT2D eigenvalue weighted by Gasteiger charge is 2.30. The van der Waals surface area contributed by atoms with Gasteiger partial charge in [0, 0.05) is 37.8 Å². The number of nitrogens with zero attached hydrogens (tertiary/aromatic N) is 4. The Hall–Kier alpha value is -3.95. The molecule has 2 aromatic carbocycles. The number of nitrogens with one attached hydrogen (secondary N) is 1. The fourth-order valence-corrected chi connectivity index (χ4v) is 3.95. The van der Waals surface area contributed by atoms with E-state index in [4.69, 9.17) is 0 Å². The number of rotatable bonds is 2. The van der Waals surface area contributed by atoms with E-state index in [0.29, 0.717) is 48.5 Å². The number of hydrogen-bond acceptors (Lipinski definition) is 5. The molecule has 0 radical (unpaired) electrons. The van der Waals surface area contributed by atoms with Crippen LogP contribution < -0.4 is 10.5 Å². The molecule has 0 saturated carbocycles. The van der Waals surface area contributed by atoms with Crippen LogP contribution in [0.3, 0.4) is 0 Å². The molecule has 5 rings (SSSR count). The largest absolute Gasteiger partial charge is 0.416 e. The molecule has 1 N–H and O–H groups in total. The van der Waals surface area contributed by atoms with Gasteiger partial charge >= 0.3 is 6.18 Å². The number of aromatic amines is 1. The van der Waals surface area contributed by atoms with Crippen LogP contribution >= 0.6 is 0 Å². The Kier molecular flexibility index (Phi) is 4.99. The summed E-state index contributed by atoms with van der Waals surface area (Å²) in [5, 5.41) is 0.764. The topological polar surface area (TPSA) is 82.2 Å². The highest BCUT2D eigenvalue weighted by Crippen LogP contribution is 2.31. The minimum atomic E-state index is -4.47. The molecule has 3 heterocycles. The number of benzene rings is 2. The lowest BCUT2D eigenvalue weighted by molar-refractivity contribution is -0.137. The zero-order valence-corrected chi connectivity index (χ0v) is 17.3. The van der Waals surface area contributed by atoms with Crippen LogP contribution in [0, 0.1) is 0 Å². The lowest BCUT2D eigenvalue weighted by Gasteiger charge is -2.35. The van der Waals surface area contributed by atoms with Crippen LogP contribution in [0.25, 0.3) is 21.8 Å². The summed E-state index contributed by atoms with van der Waals surface area (Å²) in [5.41, 5.74) is 0.194. The van der Waals surface area contributed by atoms with Gasteiger partial charge in [0.1, 0.15) is 0 Å². The first-order chi connectivity index (χ1) is 15.8. The summed E-state index contributed by atoms with van der Waals surface area (Å²) in [7, 11) is 0. The number of aromatic nitrogens is 3. The van der Waals surface area contributed by atoms with E-state index in [0.717, 1.165) is 12.1 Å². The lowest BCUT2D eigenvalue weighted by Crippen LogP contribution is -2.49. The molecule has 168 valence electrons. The SMILES string of the molecule is O=C(c1cnc2ccc(C(F)(F)F)cc2c1)N1CCN(c2nc3ccccc3c(=O)[nH]2)CC1. The van der Waals surface area contributed by atoms with Gasteiger partial charge in [-0.15, -0.1) is 0 Å². The summed E-state index contributed by atoms with van der Waals surface area (Å²) in [4.78, 5) is 40.3. The van der Waals surface area contributed by atoms with Gasteiger partial charge in [0.05, 0.1) is 27.5 Å². The fourth-order valence-electron chi connectivity index (χ4n) is 3.95. The average molecular weight is 453 g/mol. The van der Waals surface area contributed by atoms with Gasteiger partial charge in [-0.05, 0) is 36.4 Å². The molecular weight excluding hydrogens is 435 g/mol. The Labute approximate surface area is 185 Å². The molecule has 7 nitrogen and oxygen atoms in total. The molecule has 4 aromatic rings. The van der Waals surface area contributed by atoms with Crippen LogP contribution in [-0.2, 0) is 6.18 Å². The molecular formula is C23H18F3N5O2. The highest BCUT2D eigenvalue weighted by molar-refractivity contribution is 5.97. The minimum Gasteiger partial charge on any atom is -0.339 e. The number of hydrogen-bond donors (Lipinski definition) is 1. The summed E-state index contributed by atoms with van der Waals surface area (Å²) in [6.07, 6.45) is -3.09. The second-order valence-electron chi connectivity index (χ2n) is 7.82. The summed E-state index contributed by atoms with van der Waals surface area (Å²) in [6, 6.07) is 11.8. The second-order valence-corrected chi connectivity index (χ2v) is 7.82. The van der Waals surface area contributed by atoms with Crippen molar-refractivity contribution in [3.63, 3.8) is 0 Å². The average Bonchev–Trinajstić information content (AvgIpc) is 2.82. The van der Waals surface area contributed by atoms with E-state index < -0.39 is 11.7 Å². The Bertz CT molecular complexity index is 1430. The van der Waals surface area contributed by atoms with E-state index >= 15 is 0 Å². The number of piperazine rings is 1. The smallest absolute Gasteiger partial charge is 0.339 e. The van der Waals surface area contributed by atoms with E-state index in [1.54, 1.807) is 23.1 Å². The van der Waals surface area contributed by atoms with Crippen molar-refractivity contribution in [1.82, 2.24) is 19.9 Å². The zero-order chi connectivity index (χ0) is 23.2. The fraction of sp³-hybridized carbons (Fsp3) is 0.217. The van der Waals surface area contributed by atoms with Gasteiger partial charge in [-0.1, -0.05) is 12.1 Å². The van der Waals surface area contributed by atoms with Crippen LogP contribution in [0.15, 0.2) is 59.5 Å². The Morgan fingerprint density at radius 3 is 2.48 bits per heavy atom. The van der Waals surface area contributed by atoms with Crippen LogP contribution in [0.5, 0.6) is 0 Å². The van der Waals surface area contributed by atoms with E-state index in [9.17, 15) is 22.8 Å². The summed E-state index contributed by atoms with van der Waals surface area (Å²) >= 11 is 0. The minimum absolute atomic E-state index is 0.227.